The Balaban J connectivity index is 2.30. The maximum atomic E-state index is 5.73. The molecule has 4 N–H and O–H groups in total. The van der Waals surface area contributed by atoms with Crippen LogP contribution in [0, 0.1) is 5.92 Å². The van der Waals surface area contributed by atoms with E-state index in [-0.39, 0.29) is 6.04 Å². The quantitative estimate of drug-likeness (QED) is 0.494. The fourth-order valence-electron chi connectivity index (χ4n) is 1.06. The molecule has 0 saturated carbocycles. The van der Waals surface area contributed by atoms with Gasteiger partial charge < -0.3 is 16.2 Å². The Morgan fingerprint density at radius 1 is 1.56 bits per heavy atom. The molecule has 0 amide bonds. The molecule has 0 bridgehead atoms. The second kappa shape index (κ2) is 3.15. The Kier molecular flexibility index (Phi) is 2.45. The molecule has 2 atom stereocenters. The van der Waals surface area contributed by atoms with Crippen LogP contribution in [-0.4, -0.2) is 25.8 Å². The van der Waals surface area contributed by atoms with Crippen LogP contribution in [-0.2, 0) is 4.74 Å². The van der Waals surface area contributed by atoms with E-state index in [0.717, 1.165) is 19.6 Å². The number of hydrogen-bond donors (Lipinski definition) is 2. The van der Waals surface area contributed by atoms with E-state index in [1.807, 2.05) is 0 Å². The average Bonchev–Trinajstić information content (AvgIpc) is 1.89. The lowest BCUT2D eigenvalue weighted by molar-refractivity contribution is 0.0454. The molecule has 3 heteroatoms. The Morgan fingerprint density at radius 3 is 2.78 bits per heavy atom. The SMILES string of the molecule is NC[C@@H]1COCC[C@H]1N. The molecule has 0 aromatic carbocycles. The average molecular weight is 130 g/mol. The molecule has 1 aliphatic heterocycles. The third-order valence-electron chi connectivity index (χ3n) is 1.84. The molecule has 1 aliphatic rings. The van der Waals surface area contributed by atoms with E-state index in [2.05, 4.69) is 0 Å². The van der Waals surface area contributed by atoms with Crippen LogP contribution in [0.4, 0.5) is 0 Å². The summed E-state index contributed by atoms with van der Waals surface area (Å²) in [6, 6.07) is 0.267. The normalized spacial score (nSPS) is 36.7. The first-order valence-electron chi connectivity index (χ1n) is 3.38. The molecule has 0 aromatic heterocycles. The summed E-state index contributed by atoms with van der Waals surface area (Å²) in [4.78, 5) is 0. The van der Waals surface area contributed by atoms with Crippen molar-refractivity contribution in [1.29, 1.82) is 0 Å². The van der Waals surface area contributed by atoms with Crippen molar-refractivity contribution in [1.82, 2.24) is 0 Å². The van der Waals surface area contributed by atoms with Crippen molar-refractivity contribution < 1.29 is 4.74 Å². The molecule has 0 aromatic rings. The lowest BCUT2D eigenvalue weighted by Gasteiger charge is -2.27. The van der Waals surface area contributed by atoms with Crippen LogP contribution in [0.25, 0.3) is 0 Å². The fourth-order valence-corrected chi connectivity index (χ4v) is 1.06. The van der Waals surface area contributed by atoms with E-state index in [1.54, 1.807) is 0 Å². The van der Waals surface area contributed by atoms with Gasteiger partial charge >= 0.3 is 0 Å². The molecule has 0 spiro atoms. The maximum absolute atomic E-state index is 5.73. The summed E-state index contributed by atoms with van der Waals surface area (Å²) in [5, 5.41) is 0. The molecule has 1 fully saturated rings. The van der Waals surface area contributed by atoms with Gasteiger partial charge in [0, 0.05) is 18.6 Å². The predicted molar refractivity (Wildman–Crippen MR) is 36.0 cm³/mol. The standard InChI is InChI=1S/C6H14N2O/c7-3-5-4-9-2-1-6(5)8/h5-6H,1-4,7-8H2/t5-,6-/m1/s1. The van der Waals surface area contributed by atoms with Gasteiger partial charge in [0.1, 0.15) is 0 Å². The summed E-state index contributed by atoms with van der Waals surface area (Å²) in [5.41, 5.74) is 11.2. The summed E-state index contributed by atoms with van der Waals surface area (Å²) in [6.07, 6.45) is 0.960. The van der Waals surface area contributed by atoms with Gasteiger partial charge in [-0.2, -0.15) is 0 Å². The molecule has 0 radical (unpaired) electrons. The lowest BCUT2D eigenvalue weighted by Crippen LogP contribution is -2.42. The van der Waals surface area contributed by atoms with E-state index < -0.39 is 0 Å². The van der Waals surface area contributed by atoms with Gasteiger partial charge in [-0.3, -0.25) is 0 Å². The Hall–Kier alpha value is -0.120. The summed E-state index contributed by atoms with van der Waals surface area (Å²) in [5.74, 6) is 0.388. The molecule has 1 heterocycles. The van der Waals surface area contributed by atoms with Gasteiger partial charge in [-0.1, -0.05) is 0 Å². The monoisotopic (exact) mass is 130 g/mol. The van der Waals surface area contributed by atoms with Crippen molar-refractivity contribution in [2.75, 3.05) is 19.8 Å². The van der Waals surface area contributed by atoms with Gasteiger partial charge in [0.2, 0.25) is 0 Å². The summed E-state index contributed by atoms with van der Waals surface area (Å²) < 4.78 is 5.18. The Bertz CT molecular complexity index is 87.1. The molecule has 0 aliphatic carbocycles. The van der Waals surface area contributed by atoms with Gasteiger partial charge in [-0.15, -0.1) is 0 Å². The van der Waals surface area contributed by atoms with Gasteiger partial charge in [0.25, 0.3) is 0 Å². The number of ether oxygens (including phenoxy) is 1. The largest absolute Gasteiger partial charge is 0.381 e. The minimum Gasteiger partial charge on any atom is -0.381 e. The number of nitrogens with two attached hydrogens (primary N) is 2. The maximum Gasteiger partial charge on any atom is 0.0521 e. The first-order valence-corrected chi connectivity index (χ1v) is 3.38. The van der Waals surface area contributed by atoms with Gasteiger partial charge in [0.15, 0.2) is 0 Å². The second-order valence-electron chi connectivity index (χ2n) is 2.52. The first-order chi connectivity index (χ1) is 4.34. The van der Waals surface area contributed by atoms with Crippen molar-refractivity contribution in [3.63, 3.8) is 0 Å². The summed E-state index contributed by atoms with van der Waals surface area (Å²) >= 11 is 0. The fraction of sp³-hybridized carbons (Fsp3) is 1.00. The van der Waals surface area contributed by atoms with Gasteiger partial charge in [-0.25, -0.2) is 0 Å². The lowest BCUT2D eigenvalue weighted by atomic mass is 9.97. The van der Waals surface area contributed by atoms with Crippen molar-refractivity contribution in [3.05, 3.63) is 0 Å². The van der Waals surface area contributed by atoms with E-state index in [1.165, 1.54) is 0 Å². The molecule has 3 nitrogen and oxygen atoms in total. The van der Waals surface area contributed by atoms with Crippen molar-refractivity contribution >= 4 is 0 Å². The van der Waals surface area contributed by atoms with Crippen molar-refractivity contribution in [3.8, 4) is 0 Å². The Labute approximate surface area is 55.4 Å². The van der Waals surface area contributed by atoms with Crippen LogP contribution >= 0.6 is 0 Å². The zero-order valence-electron chi connectivity index (χ0n) is 5.55. The zero-order chi connectivity index (χ0) is 6.69. The zero-order valence-corrected chi connectivity index (χ0v) is 5.55. The van der Waals surface area contributed by atoms with Crippen LogP contribution < -0.4 is 11.5 Å². The molecular formula is C6H14N2O. The van der Waals surface area contributed by atoms with E-state index >= 15 is 0 Å². The first kappa shape index (κ1) is 6.99. The molecule has 0 unspecified atom stereocenters. The van der Waals surface area contributed by atoms with E-state index in [4.69, 9.17) is 16.2 Å². The highest BCUT2D eigenvalue weighted by atomic mass is 16.5. The van der Waals surface area contributed by atoms with Crippen LogP contribution in [0.5, 0.6) is 0 Å². The van der Waals surface area contributed by atoms with Crippen molar-refractivity contribution in [2.24, 2.45) is 17.4 Å². The highest BCUT2D eigenvalue weighted by Gasteiger charge is 2.20. The topological polar surface area (TPSA) is 61.3 Å². The highest BCUT2D eigenvalue weighted by Crippen LogP contribution is 2.10. The third kappa shape index (κ3) is 1.64. The second-order valence-corrected chi connectivity index (χ2v) is 2.52. The van der Waals surface area contributed by atoms with Crippen LogP contribution in [0.3, 0.4) is 0 Å². The summed E-state index contributed by atoms with van der Waals surface area (Å²) in [7, 11) is 0. The molecular weight excluding hydrogens is 116 g/mol. The molecule has 1 rings (SSSR count). The highest BCUT2D eigenvalue weighted by molar-refractivity contribution is 4.76. The van der Waals surface area contributed by atoms with Gasteiger partial charge in [0.05, 0.1) is 6.61 Å². The molecule has 1 saturated heterocycles. The van der Waals surface area contributed by atoms with Crippen LogP contribution in [0.15, 0.2) is 0 Å². The van der Waals surface area contributed by atoms with Crippen LogP contribution in [0.1, 0.15) is 6.42 Å². The predicted octanol–water partition coefficient (Wildman–Crippen LogP) is -0.691. The van der Waals surface area contributed by atoms with Gasteiger partial charge in [-0.05, 0) is 13.0 Å². The van der Waals surface area contributed by atoms with Crippen LogP contribution in [0.2, 0.25) is 0 Å². The molecule has 9 heavy (non-hydrogen) atoms. The van der Waals surface area contributed by atoms with E-state index in [0.29, 0.717) is 12.5 Å². The minimum atomic E-state index is 0.267. The third-order valence-corrected chi connectivity index (χ3v) is 1.84. The van der Waals surface area contributed by atoms with Crippen molar-refractivity contribution in [2.45, 2.75) is 12.5 Å². The smallest absolute Gasteiger partial charge is 0.0521 e. The minimum absolute atomic E-state index is 0.267. The summed E-state index contributed by atoms with van der Waals surface area (Å²) in [6.45, 7) is 2.20. The Morgan fingerprint density at radius 2 is 2.33 bits per heavy atom. The van der Waals surface area contributed by atoms with E-state index in [9.17, 15) is 0 Å². The number of hydrogen-bond acceptors (Lipinski definition) is 3. The molecule has 54 valence electrons. The number of rotatable bonds is 1.